The highest BCUT2D eigenvalue weighted by molar-refractivity contribution is 6.32. The maximum atomic E-state index is 11.6. The number of carbonyl (C=O) groups excluding carboxylic acids is 1. The molecule has 5 nitrogen and oxygen atoms in total. The fraction of sp³-hybridized carbons (Fsp3) is 0.0714. The molecule has 1 amide bonds. The smallest absolute Gasteiger partial charge is 0.413 e. The Labute approximate surface area is 120 Å². The number of amides is 1. The molecule has 20 heavy (non-hydrogen) atoms. The van der Waals surface area contributed by atoms with Crippen LogP contribution in [0, 0.1) is 11.3 Å². The van der Waals surface area contributed by atoms with E-state index in [9.17, 15) is 4.79 Å². The van der Waals surface area contributed by atoms with Crippen LogP contribution in [0.3, 0.4) is 0 Å². The van der Waals surface area contributed by atoms with E-state index in [0.717, 1.165) is 5.56 Å². The topological polar surface area (TPSA) is 75.0 Å². The standard InChI is InChI=1S/C14H10ClN3O2/c15-12-6-13(17-8-11(12)7-16)18-14(19)20-9-10-4-2-1-3-5-10/h1-6,8H,9H2,(H,17,18,19). The molecule has 100 valence electrons. The van der Waals surface area contributed by atoms with E-state index in [-0.39, 0.29) is 23.0 Å². The first-order valence-electron chi connectivity index (χ1n) is 5.72. The van der Waals surface area contributed by atoms with Crippen molar-refractivity contribution in [3.8, 4) is 6.07 Å². The highest BCUT2D eigenvalue weighted by Gasteiger charge is 2.07. The van der Waals surface area contributed by atoms with Gasteiger partial charge in [-0.25, -0.2) is 9.78 Å². The van der Waals surface area contributed by atoms with Gasteiger partial charge in [-0.05, 0) is 5.56 Å². The number of aromatic nitrogens is 1. The third-order valence-corrected chi connectivity index (χ3v) is 2.73. The summed E-state index contributed by atoms with van der Waals surface area (Å²) in [5.41, 5.74) is 1.13. The van der Waals surface area contributed by atoms with Crippen LogP contribution in [0.15, 0.2) is 42.6 Å². The van der Waals surface area contributed by atoms with Crippen LogP contribution in [0.5, 0.6) is 0 Å². The number of ether oxygens (including phenoxy) is 1. The summed E-state index contributed by atoms with van der Waals surface area (Å²) in [6, 6.07) is 12.6. The minimum Gasteiger partial charge on any atom is -0.444 e. The Kier molecular flexibility index (Phi) is 4.53. The molecule has 2 rings (SSSR count). The molecule has 1 aromatic carbocycles. The van der Waals surface area contributed by atoms with Gasteiger partial charge in [0.15, 0.2) is 0 Å². The van der Waals surface area contributed by atoms with Crippen LogP contribution in [0.2, 0.25) is 5.02 Å². The number of benzene rings is 1. The first-order valence-corrected chi connectivity index (χ1v) is 6.10. The van der Waals surface area contributed by atoms with E-state index >= 15 is 0 Å². The maximum Gasteiger partial charge on any atom is 0.413 e. The third kappa shape index (κ3) is 3.70. The number of hydrogen-bond acceptors (Lipinski definition) is 4. The fourth-order valence-corrected chi connectivity index (χ4v) is 1.64. The van der Waals surface area contributed by atoms with Crippen molar-refractivity contribution in [3.63, 3.8) is 0 Å². The number of rotatable bonds is 3. The number of nitrogens with zero attached hydrogens (tertiary/aromatic N) is 2. The minimum absolute atomic E-state index is 0.163. The number of anilines is 1. The Morgan fingerprint density at radius 3 is 2.80 bits per heavy atom. The lowest BCUT2D eigenvalue weighted by atomic mass is 10.2. The summed E-state index contributed by atoms with van der Waals surface area (Å²) in [4.78, 5) is 15.5. The molecule has 0 aliphatic rings. The number of nitriles is 1. The predicted molar refractivity (Wildman–Crippen MR) is 74.2 cm³/mol. The van der Waals surface area contributed by atoms with Gasteiger partial charge >= 0.3 is 6.09 Å². The number of pyridine rings is 1. The monoisotopic (exact) mass is 287 g/mol. The van der Waals surface area contributed by atoms with Crippen LogP contribution in [0.1, 0.15) is 11.1 Å². The molecule has 0 spiro atoms. The molecule has 6 heteroatoms. The quantitative estimate of drug-likeness (QED) is 0.939. The maximum absolute atomic E-state index is 11.6. The summed E-state index contributed by atoms with van der Waals surface area (Å²) >= 11 is 5.83. The van der Waals surface area contributed by atoms with Crippen LogP contribution in [-0.2, 0) is 11.3 Å². The number of nitrogens with one attached hydrogen (secondary N) is 1. The van der Waals surface area contributed by atoms with E-state index in [1.54, 1.807) is 0 Å². The van der Waals surface area contributed by atoms with Gasteiger partial charge in [-0.15, -0.1) is 0 Å². The zero-order chi connectivity index (χ0) is 14.4. The van der Waals surface area contributed by atoms with Crippen LogP contribution in [0.4, 0.5) is 10.6 Å². The second-order valence-electron chi connectivity index (χ2n) is 3.85. The lowest BCUT2D eigenvalue weighted by molar-refractivity contribution is 0.155. The second-order valence-corrected chi connectivity index (χ2v) is 4.26. The second kappa shape index (κ2) is 6.55. The fourth-order valence-electron chi connectivity index (χ4n) is 1.45. The van der Waals surface area contributed by atoms with E-state index in [2.05, 4.69) is 10.3 Å². The molecule has 0 atom stereocenters. The Bertz CT molecular complexity index is 653. The number of carbonyl (C=O) groups is 1. The Balaban J connectivity index is 1.92. The van der Waals surface area contributed by atoms with Gasteiger partial charge in [-0.1, -0.05) is 41.9 Å². The van der Waals surface area contributed by atoms with E-state index in [1.165, 1.54) is 12.3 Å². The average molecular weight is 288 g/mol. The van der Waals surface area contributed by atoms with Gasteiger partial charge in [-0.2, -0.15) is 5.26 Å². The molecule has 0 radical (unpaired) electrons. The van der Waals surface area contributed by atoms with Crippen molar-refractivity contribution in [2.75, 3.05) is 5.32 Å². The highest BCUT2D eigenvalue weighted by Crippen LogP contribution is 2.17. The predicted octanol–water partition coefficient (Wildman–Crippen LogP) is 3.36. The SMILES string of the molecule is N#Cc1cnc(NC(=O)OCc2ccccc2)cc1Cl. The van der Waals surface area contributed by atoms with E-state index in [1.807, 2.05) is 36.4 Å². The lowest BCUT2D eigenvalue weighted by Gasteiger charge is -2.07. The van der Waals surface area contributed by atoms with Crippen LogP contribution in [0.25, 0.3) is 0 Å². The zero-order valence-corrected chi connectivity index (χ0v) is 11.1. The highest BCUT2D eigenvalue weighted by atomic mass is 35.5. The van der Waals surface area contributed by atoms with Crippen molar-refractivity contribution in [1.82, 2.24) is 4.98 Å². The summed E-state index contributed by atoms with van der Waals surface area (Å²) in [5, 5.41) is 11.4. The van der Waals surface area contributed by atoms with Gasteiger partial charge in [0, 0.05) is 12.3 Å². The summed E-state index contributed by atoms with van der Waals surface area (Å²) in [6.45, 7) is 0.163. The molecule has 2 aromatic rings. The summed E-state index contributed by atoms with van der Waals surface area (Å²) < 4.78 is 5.03. The minimum atomic E-state index is -0.637. The Morgan fingerprint density at radius 1 is 1.40 bits per heavy atom. The molecule has 1 heterocycles. The zero-order valence-electron chi connectivity index (χ0n) is 10.3. The molecule has 1 aromatic heterocycles. The molecular weight excluding hydrogens is 278 g/mol. The van der Waals surface area contributed by atoms with Crippen molar-refractivity contribution in [2.45, 2.75) is 6.61 Å². The van der Waals surface area contributed by atoms with Crippen molar-refractivity contribution in [3.05, 3.63) is 58.7 Å². The first-order chi connectivity index (χ1) is 9.69. The molecule has 0 aliphatic heterocycles. The van der Waals surface area contributed by atoms with Crippen LogP contribution >= 0.6 is 11.6 Å². The Hall–Kier alpha value is -2.58. The molecule has 0 saturated carbocycles. The van der Waals surface area contributed by atoms with Crippen LogP contribution in [-0.4, -0.2) is 11.1 Å². The molecule has 0 bridgehead atoms. The van der Waals surface area contributed by atoms with E-state index in [4.69, 9.17) is 21.6 Å². The molecule has 0 aliphatic carbocycles. The lowest BCUT2D eigenvalue weighted by Crippen LogP contribution is -2.14. The van der Waals surface area contributed by atoms with Gasteiger partial charge < -0.3 is 4.74 Å². The van der Waals surface area contributed by atoms with Crippen molar-refractivity contribution < 1.29 is 9.53 Å². The summed E-state index contributed by atoms with van der Waals surface area (Å²) in [5.74, 6) is 0.229. The van der Waals surface area contributed by atoms with E-state index < -0.39 is 6.09 Å². The largest absolute Gasteiger partial charge is 0.444 e. The van der Waals surface area contributed by atoms with Crippen molar-refractivity contribution in [1.29, 1.82) is 5.26 Å². The summed E-state index contributed by atoms with van der Waals surface area (Å²) in [7, 11) is 0. The van der Waals surface area contributed by atoms with Crippen molar-refractivity contribution >= 4 is 23.5 Å². The third-order valence-electron chi connectivity index (χ3n) is 2.42. The molecule has 1 N–H and O–H groups in total. The van der Waals surface area contributed by atoms with Crippen molar-refractivity contribution in [2.24, 2.45) is 0 Å². The first kappa shape index (κ1) is 13.8. The molecular formula is C14H10ClN3O2. The van der Waals surface area contributed by atoms with Gasteiger partial charge in [0.05, 0.1) is 10.6 Å². The van der Waals surface area contributed by atoms with Gasteiger partial charge in [0.1, 0.15) is 18.5 Å². The van der Waals surface area contributed by atoms with Gasteiger partial charge in [0.25, 0.3) is 0 Å². The normalized spacial score (nSPS) is 9.60. The Morgan fingerprint density at radius 2 is 2.15 bits per heavy atom. The number of halogens is 1. The molecule has 0 saturated heterocycles. The van der Waals surface area contributed by atoms with Crippen LogP contribution < -0.4 is 5.32 Å². The van der Waals surface area contributed by atoms with E-state index in [0.29, 0.717) is 0 Å². The average Bonchev–Trinajstić information content (AvgIpc) is 2.46. The summed E-state index contributed by atoms with van der Waals surface area (Å²) in [6.07, 6.45) is 0.650. The van der Waals surface area contributed by atoms with Gasteiger partial charge in [-0.3, -0.25) is 5.32 Å². The molecule has 0 unspecified atom stereocenters. The van der Waals surface area contributed by atoms with Gasteiger partial charge in [0.2, 0.25) is 0 Å². The number of hydrogen-bond donors (Lipinski definition) is 1. The molecule has 0 fully saturated rings.